The van der Waals surface area contributed by atoms with E-state index in [9.17, 15) is 4.79 Å². The molecule has 6 nitrogen and oxygen atoms in total. The molecule has 1 heterocycles. The number of nitrogens with one attached hydrogen (secondary N) is 1. The Kier molecular flexibility index (Phi) is 7.84. The summed E-state index contributed by atoms with van der Waals surface area (Å²) in [4.78, 5) is 19.2. The molecule has 6 heteroatoms. The number of benzene rings is 2. The second-order valence-corrected chi connectivity index (χ2v) is 8.04. The molecule has 0 fully saturated rings. The van der Waals surface area contributed by atoms with Crippen molar-refractivity contribution in [3.05, 3.63) is 83.6 Å². The van der Waals surface area contributed by atoms with Gasteiger partial charge >= 0.3 is 0 Å². The highest BCUT2D eigenvalue weighted by Crippen LogP contribution is 2.20. The van der Waals surface area contributed by atoms with E-state index in [0.717, 1.165) is 23.4 Å². The summed E-state index contributed by atoms with van der Waals surface area (Å²) in [5.41, 5.74) is 2.48. The molecule has 1 unspecified atom stereocenters. The van der Waals surface area contributed by atoms with Crippen LogP contribution in [-0.2, 0) is 19.6 Å². The van der Waals surface area contributed by atoms with Crippen molar-refractivity contribution < 1.29 is 13.9 Å². The fourth-order valence-electron chi connectivity index (χ4n) is 3.30. The zero-order valence-corrected chi connectivity index (χ0v) is 18.7. The molecule has 2 aromatic carbocycles. The lowest BCUT2D eigenvalue weighted by Gasteiger charge is -2.30. The van der Waals surface area contributed by atoms with Crippen LogP contribution in [0.1, 0.15) is 48.3 Å². The first kappa shape index (κ1) is 22.6. The third-order valence-electron chi connectivity index (χ3n) is 5.48. The number of aromatic nitrogens is 1. The standard InChI is InChI=1S/C25H31N3O3/c1-18(2)19(3)28(15-21-11-8-12-22(13-21)30-4)16-24-27-23(17-31-24)25(29)26-14-20-9-6-5-7-10-20/h5-13,17-19H,14-16H2,1-4H3,(H,26,29). The van der Waals surface area contributed by atoms with E-state index in [-0.39, 0.29) is 5.91 Å². The van der Waals surface area contributed by atoms with Gasteiger partial charge < -0.3 is 14.5 Å². The minimum absolute atomic E-state index is 0.241. The van der Waals surface area contributed by atoms with Crippen molar-refractivity contribution in [3.8, 4) is 5.75 Å². The Balaban J connectivity index is 1.66. The van der Waals surface area contributed by atoms with Gasteiger partial charge in [-0.3, -0.25) is 9.69 Å². The number of rotatable bonds is 10. The molecule has 1 N–H and O–H groups in total. The normalized spacial score (nSPS) is 12.2. The third-order valence-corrected chi connectivity index (χ3v) is 5.48. The number of hydrogen-bond donors (Lipinski definition) is 1. The number of carbonyl (C=O) groups excluding carboxylic acids is 1. The van der Waals surface area contributed by atoms with Crippen LogP contribution in [0.15, 0.2) is 65.3 Å². The highest BCUT2D eigenvalue weighted by atomic mass is 16.5. The van der Waals surface area contributed by atoms with Gasteiger partial charge in [-0.1, -0.05) is 56.3 Å². The van der Waals surface area contributed by atoms with Gasteiger partial charge in [0.15, 0.2) is 5.69 Å². The number of oxazole rings is 1. The molecule has 3 aromatic rings. The molecule has 0 radical (unpaired) electrons. The van der Waals surface area contributed by atoms with Gasteiger partial charge in [-0.05, 0) is 36.1 Å². The average Bonchev–Trinajstić information content (AvgIpc) is 3.26. The van der Waals surface area contributed by atoms with Crippen molar-refractivity contribution in [2.24, 2.45) is 5.92 Å². The first-order chi connectivity index (χ1) is 15.0. The van der Waals surface area contributed by atoms with Gasteiger partial charge in [0.05, 0.1) is 13.7 Å². The number of hydrogen-bond acceptors (Lipinski definition) is 5. The topological polar surface area (TPSA) is 67.6 Å². The summed E-state index contributed by atoms with van der Waals surface area (Å²) in [6, 6.07) is 18.1. The van der Waals surface area contributed by atoms with Crippen LogP contribution >= 0.6 is 0 Å². The summed E-state index contributed by atoms with van der Waals surface area (Å²) < 4.78 is 11.0. The number of carbonyl (C=O) groups is 1. The highest BCUT2D eigenvalue weighted by Gasteiger charge is 2.21. The van der Waals surface area contributed by atoms with E-state index in [2.05, 4.69) is 42.0 Å². The minimum Gasteiger partial charge on any atom is -0.497 e. The molecule has 3 rings (SSSR count). The SMILES string of the molecule is COc1cccc(CN(Cc2nc(C(=O)NCc3ccccc3)co2)C(C)C(C)C)c1. The van der Waals surface area contributed by atoms with Gasteiger partial charge in [-0.2, -0.15) is 0 Å². The first-order valence-corrected chi connectivity index (χ1v) is 10.6. The summed E-state index contributed by atoms with van der Waals surface area (Å²) in [6.07, 6.45) is 1.43. The van der Waals surface area contributed by atoms with Crippen molar-refractivity contribution in [2.75, 3.05) is 7.11 Å². The van der Waals surface area contributed by atoms with Crippen molar-refractivity contribution >= 4 is 5.91 Å². The van der Waals surface area contributed by atoms with Crippen LogP contribution in [0.2, 0.25) is 0 Å². The molecule has 0 bridgehead atoms. The van der Waals surface area contributed by atoms with Crippen LogP contribution in [0.25, 0.3) is 0 Å². The van der Waals surface area contributed by atoms with Gasteiger partial charge in [0.1, 0.15) is 12.0 Å². The number of nitrogens with zero attached hydrogens (tertiary/aromatic N) is 2. The molecule has 0 spiro atoms. The van der Waals surface area contributed by atoms with Crippen LogP contribution in [-0.4, -0.2) is 28.9 Å². The van der Waals surface area contributed by atoms with E-state index in [1.54, 1.807) is 7.11 Å². The molecule has 1 amide bonds. The third kappa shape index (κ3) is 6.43. The van der Waals surface area contributed by atoms with Crippen molar-refractivity contribution in [3.63, 3.8) is 0 Å². The van der Waals surface area contributed by atoms with E-state index in [1.165, 1.54) is 6.26 Å². The van der Waals surface area contributed by atoms with Crippen LogP contribution < -0.4 is 10.1 Å². The fourth-order valence-corrected chi connectivity index (χ4v) is 3.30. The van der Waals surface area contributed by atoms with Crippen LogP contribution in [0, 0.1) is 5.92 Å². The molecule has 0 aliphatic heterocycles. The number of methoxy groups -OCH3 is 1. The summed E-state index contributed by atoms with van der Waals surface area (Å²) in [7, 11) is 1.67. The van der Waals surface area contributed by atoms with Crippen LogP contribution in [0.4, 0.5) is 0 Å². The Morgan fingerprint density at radius 2 is 1.81 bits per heavy atom. The van der Waals surface area contributed by atoms with Crippen LogP contribution in [0.5, 0.6) is 5.75 Å². The molecule has 0 saturated carbocycles. The Bertz CT molecular complexity index is 969. The van der Waals surface area contributed by atoms with E-state index in [1.807, 2.05) is 48.5 Å². The zero-order chi connectivity index (χ0) is 22.2. The lowest BCUT2D eigenvalue weighted by molar-refractivity contribution is 0.0945. The monoisotopic (exact) mass is 421 g/mol. The molecule has 164 valence electrons. The van der Waals surface area contributed by atoms with Gasteiger partial charge in [-0.25, -0.2) is 4.98 Å². The Hall–Kier alpha value is -3.12. The summed E-state index contributed by atoms with van der Waals surface area (Å²) in [5.74, 6) is 1.58. The quantitative estimate of drug-likeness (QED) is 0.516. The Morgan fingerprint density at radius 1 is 1.06 bits per heavy atom. The fraction of sp³-hybridized carbons (Fsp3) is 0.360. The van der Waals surface area contributed by atoms with E-state index >= 15 is 0 Å². The number of amides is 1. The van der Waals surface area contributed by atoms with Crippen molar-refractivity contribution in [1.82, 2.24) is 15.2 Å². The van der Waals surface area contributed by atoms with Gasteiger partial charge in [0, 0.05) is 19.1 Å². The summed E-state index contributed by atoms with van der Waals surface area (Å²) in [6.45, 7) is 8.29. The molecule has 1 atom stereocenters. The molecule has 0 saturated heterocycles. The molecular weight excluding hydrogens is 390 g/mol. The maximum atomic E-state index is 12.5. The van der Waals surface area contributed by atoms with Gasteiger partial charge in [0.25, 0.3) is 5.91 Å². The first-order valence-electron chi connectivity index (χ1n) is 10.6. The maximum Gasteiger partial charge on any atom is 0.273 e. The second kappa shape index (κ2) is 10.8. The average molecular weight is 422 g/mol. The molecule has 0 aliphatic carbocycles. The van der Waals surface area contributed by atoms with E-state index < -0.39 is 0 Å². The van der Waals surface area contributed by atoms with E-state index in [0.29, 0.717) is 36.6 Å². The lowest BCUT2D eigenvalue weighted by Crippen LogP contribution is -2.36. The molecule has 1 aromatic heterocycles. The lowest BCUT2D eigenvalue weighted by atomic mass is 10.0. The summed E-state index contributed by atoms with van der Waals surface area (Å²) >= 11 is 0. The Labute approximate surface area is 184 Å². The highest BCUT2D eigenvalue weighted by molar-refractivity contribution is 5.91. The van der Waals surface area contributed by atoms with E-state index in [4.69, 9.17) is 9.15 Å². The van der Waals surface area contributed by atoms with Gasteiger partial charge in [-0.15, -0.1) is 0 Å². The molecule has 0 aliphatic rings. The predicted molar refractivity (Wildman–Crippen MR) is 121 cm³/mol. The molecule has 31 heavy (non-hydrogen) atoms. The summed E-state index contributed by atoms with van der Waals surface area (Å²) in [5, 5.41) is 2.89. The van der Waals surface area contributed by atoms with Crippen molar-refractivity contribution in [2.45, 2.75) is 46.4 Å². The molecular formula is C25H31N3O3. The smallest absolute Gasteiger partial charge is 0.273 e. The number of ether oxygens (including phenoxy) is 1. The maximum absolute atomic E-state index is 12.5. The second-order valence-electron chi connectivity index (χ2n) is 8.04. The van der Waals surface area contributed by atoms with Gasteiger partial charge in [0.2, 0.25) is 5.89 Å². The largest absolute Gasteiger partial charge is 0.497 e. The zero-order valence-electron chi connectivity index (χ0n) is 18.7. The van der Waals surface area contributed by atoms with Crippen LogP contribution in [0.3, 0.4) is 0 Å². The van der Waals surface area contributed by atoms with Crippen molar-refractivity contribution in [1.29, 1.82) is 0 Å². The Morgan fingerprint density at radius 3 is 2.52 bits per heavy atom. The predicted octanol–water partition coefficient (Wildman–Crippen LogP) is 4.66. The minimum atomic E-state index is -0.241.